The molecule has 0 saturated carbocycles. The Hall–Kier alpha value is -10.2. The standard InChI is InChI=1S/C84H67N3/c1-83(2,3)56-42-46-60(47-43-56)85(58-30-15-9-16-31-58)72-52-74-79(64-36-21-19-34-62(64)72)80-65-37-22-20-35-63(65)73(86(59-32-17-10-18-33-59)61-48-44-57(45-49-61)84(4,5)6)53-75(80)87(74)71-51-50-70-78-68(71)40-25-41-69(78)81-76(54-26-11-7-12-27-54)66-38-23-24-39-67(66)77(82(70)81)55-28-13-8-14-29-55/h7-11,13-26,28-53H,12,27H2,1-6H3. The molecule has 1 heterocycles. The van der Waals surface area contributed by atoms with Crippen LogP contribution in [0.4, 0.5) is 34.1 Å². The minimum absolute atomic E-state index is 0.0000873. The summed E-state index contributed by atoms with van der Waals surface area (Å²) < 4.78 is 2.64. The average molecular weight is 1120 g/mol. The van der Waals surface area contributed by atoms with Gasteiger partial charge in [-0.1, -0.05) is 248 Å². The van der Waals surface area contributed by atoms with Crippen molar-refractivity contribution < 1.29 is 0 Å². The minimum atomic E-state index is -0.0000873. The van der Waals surface area contributed by atoms with E-state index in [1.54, 1.807) is 0 Å². The van der Waals surface area contributed by atoms with Gasteiger partial charge in [-0.2, -0.15) is 0 Å². The number of hydrogen-bond donors (Lipinski definition) is 0. The molecule has 14 aromatic rings. The van der Waals surface area contributed by atoms with E-state index < -0.39 is 0 Å². The normalized spacial score (nSPS) is 13.1. The number of nitrogens with zero attached hydrogens (tertiary/aromatic N) is 3. The molecule has 0 radical (unpaired) electrons. The molecule has 3 nitrogen and oxygen atoms in total. The third kappa shape index (κ3) is 8.39. The molecule has 1 aromatic heterocycles. The maximum absolute atomic E-state index is 2.64. The van der Waals surface area contributed by atoms with Crippen LogP contribution in [0.25, 0.3) is 110 Å². The number of fused-ring (bicyclic) bond motifs is 11. The van der Waals surface area contributed by atoms with Gasteiger partial charge < -0.3 is 14.4 Å². The number of benzene rings is 13. The third-order valence-electron chi connectivity index (χ3n) is 18.6. The highest BCUT2D eigenvalue weighted by Gasteiger charge is 2.34. The summed E-state index contributed by atoms with van der Waals surface area (Å²) in [5, 5.41) is 12.3. The van der Waals surface area contributed by atoms with Crippen molar-refractivity contribution in [3.05, 3.63) is 290 Å². The maximum atomic E-state index is 2.64. The average Bonchev–Trinajstić information content (AvgIpc) is 1.66. The highest BCUT2D eigenvalue weighted by atomic mass is 15.2. The Balaban J connectivity index is 1.06. The molecule has 0 N–H and O–H groups in total. The molecule has 0 fully saturated rings. The van der Waals surface area contributed by atoms with Gasteiger partial charge >= 0.3 is 0 Å². The molecule has 0 bridgehead atoms. The molecule has 0 aliphatic heterocycles. The summed E-state index contributed by atoms with van der Waals surface area (Å²) in [5.41, 5.74) is 23.1. The Bertz CT molecular complexity index is 4930. The molecule has 418 valence electrons. The quantitative estimate of drug-likeness (QED) is 0.143. The van der Waals surface area contributed by atoms with E-state index in [2.05, 4.69) is 329 Å². The van der Waals surface area contributed by atoms with Crippen LogP contribution >= 0.6 is 0 Å². The van der Waals surface area contributed by atoms with E-state index in [1.165, 1.54) is 110 Å². The first-order valence-corrected chi connectivity index (χ1v) is 30.9. The second kappa shape index (κ2) is 20.2. The lowest BCUT2D eigenvalue weighted by atomic mass is 9.81. The van der Waals surface area contributed by atoms with Crippen LogP contribution in [-0.2, 0) is 10.8 Å². The lowest BCUT2D eigenvalue weighted by Gasteiger charge is -2.28. The predicted octanol–water partition coefficient (Wildman–Crippen LogP) is 24.0. The molecule has 0 amide bonds. The van der Waals surface area contributed by atoms with Crippen molar-refractivity contribution in [3.8, 4) is 39.1 Å². The van der Waals surface area contributed by atoms with E-state index in [1.807, 2.05) is 0 Å². The van der Waals surface area contributed by atoms with Gasteiger partial charge in [-0.3, -0.25) is 0 Å². The van der Waals surface area contributed by atoms with E-state index in [4.69, 9.17) is 0 Å². The SMILES string of the molecule is CC(C)(C)c1ccc(N(c2ccccc2)c2cc3c(c4ccccc24)c2c4ccccc4c(N(c4ccccc4)c4ccc(C(C)(C)C)cc4)cc2n3-c2ccc3c4c(cccc24)-c2c-3c(-c3ccccc3)c3ccccc3c2C2=CC=CCC2)cc1. The Morgan fingerprint density at radius 2 is 0.770 bits per heavy atom. The smallest absolute Gasteiger partial charge is 0.0568 e. The molecular weight excluding hydrogens is 1050 g/mol. The molecule has 16 rings (SSSR count). The Kier molecular flexibility index (Phi) is 12.2. The fourth-order valence-corrected chi connectivity index (χ4v) is 14.6. The molecule has 87 heavy (non-hydrogen) atoms. The first-order valence-electron chi connectivity index (χ1n) is 30.9. The van der Waals surface area contributed by atoms with Gasteiger partial charge in [0, 0.05) is 49.7 Å². The molecule has 3 heteroatoms. The maximum Gasteiger partial charge on any atom is 0.0568 e. The van der Waals surface area contributed by atoms with Crippen LogP contribution in [0.5, 0.6) is 0 Å². The van der Waals surface area contributed by atoms with E-state index in [9.17, 15) is 0 Å². The van der Waals surface area contributed by atoms with Crippen LogP contribution in [0.15, 0.2) is 273 Å². The highest BCUT2D eigenvalue weighted by molar-refractivity contribution is 6.33. The fourth-order valence-electron chi connectivity index (χ4n) is 14.6. The van der Waals surface area contributed by atoms with E-state index >= 15 is 0 Å². The van der Waals surface area contributed by atoms with Crippen molar-refractivity contribution in [2.24, 2.45) is 0 Å². The largest absolute Gasteiger partial charge is 0.310 e. The number of aromatic nitrogens is 1. The van der Waals surface area contributed by atoms with E-state index in [-0.39, 0.29) is 10.8 Å². The van der Waals surface area contributed by atoms with Crippen LogP contribution in [0.3, 0.4) is 0 Å². The summed E-state index contributed by atoms with van der Waals surface area (Å²) in [7, 11) is 0. The molecule has 0 saturated heterocycles. The van der Waals surface area contributed by atoms with Gasteiger partial charge in [-0.05, 0) is 173 Å². The predicted molar refractivity (Wildman–Crippen MR) is 374 cm³/mol. The van der Waals surface area contributed by atoms with Crippen molar-refractivity contribution in [1.82, 2.24) is 4.57 Å². The van der Waals surface area contributed by atoms with E-state index in [0.717, 1.165) is 63.7 Å². The zero-order valence-electron chi connectivity index (χ0n) is 50.2. The van der Waals surface area contributed by atoms with Gasteiger partial charge in [0.15, 0.2) is 0 Å². The number of anilines is 6. The molecule has 13 aromatic carbocycles. The van der Waals surface area contributed by atoms with Crippen molar-refractivity contribution in [1.29, 1.82) is 0 Å². The lowest BCUT2D eigenvalue weighted by Crippen LogP contribution is -2.13. The second-order valence-electron chi connectivity index (χ2n) is 25.9. The highest BCUT2D eigenvalue weighted by Crippen LogP contribution is 2.59. The second-order valence-corrected chi connectivity index (χ2v) is 25.9. The summed E-state index contributed by atoms with van der Waals surface area (Å²) in [5.74, 6) is 0. The van der Waals surface area contributed by atoms with Crippen LogP contribution in [0.2, 0.25) is 0 Å². The Morgan fingerprint density at radius 1 is 0.345 bits per heavy atom. The number of hydrogen-bond acceptors (Lipinski definition) is 2. The van der Waals surface area contributed by atoms with Crippen molar-refractivity contribution in [2.45, 2.75) is 65.2 Å². The molecule has 0 spiro atoms. The summed E-state index contributed by atoms with van der Waals surface area (Å²) in [6.45, 7) is 13.8. The van der Waals surface area contributed by atoms with Crippen LogP contribution < -0.4 is 9.80 Å². The summed E-state index contributed by atoms with van der Waals surface area (Å²) >= 11 is 0. The van der Waals surface area contributed by atoms with Gasteiger partial charge in [-0.25, -0.2) is 0 Å². The van der Waals surface area contributed by atoms with Gasteiger partial charge in [0.05, 0.1) is 28.1 Å². The van der Waals surface area contributed by atoms with Gasteiger partial charge in [0.2, 0.25) is 0 Å². The molecular formula is C84H67N3. The lowest BCUT2D eigenvalue weighted by molar-refractivity contribution is 0.590. The zero-order chi connectivity index (χ0) is 58.7. The zero-order valence-corrected chi connectivity index (χ0v) is 50.2. The molecule has 0 atom stereocenters. The summed E-state index contributed by atoms with van der Waals surface area (Å²) in [6, 6.07) is 96.1. The molecule has 2 aliphatic carbocycles. The monoisotopic (exact) mass is 1120 g/mol. The molecule has 0 unspecified atom stereocenters. The van der Waals surface area contributed by atoms with Gasteiger partial charge in [0.1, 0.15) is 0 Å². The first-order chi connectivity index (χ1) is 42.5. The number of rotatable bonds is 9. The Labute approximate surface area is 510 Å². The molecule has 2 aliphatic rings. The third-order valence-corrected chi connectivity index (χ3v) is 18.6. The van der Waals surface area contributed by atoms with Crippen LogP contribution in [-0.4, -0.2) is 4.57 Å². The summed E-state index contributed by atoms with van der Waals surface area (Å²) in [4.78, 5) is 4.96. The minimum Gasteiger partial charge on any atom is -0.310 e. The topological polar surface area (TPSA) is 11.4 Å². The van der Waals surface area contributed by atoms with Gasteiger partial charge in [0.25, 0.3) is 0 Å². The fraction of sp³-hybridized carbons (Fsp3) is 0.119. The summed E-state index contributed by atoms with van der Waals surface area (Å²) in [6.07, 6.45) is 8.96. The van der Waals surface area contributed by atoms with Gasteiger partial charge in [-0.15, -0.1) is 0 Å². The van der Waals surface area contributed by atoms with Crippen molar-refractivity contribution in [2.75, 3.05) is 9.80 Å². The number of allylic oxidation sites excluding steroid dienone is 4. The number of para-hydroxylation sites is 2. The van der Waals surface area contributed by atoms with Crippen LogP contribution in [0.1, 0.15) is 71.1 Å². The van der Waals surface area contributed by atoms with E-state index in [0.29, 0.717) is 0 Å². The van der Waals surface area contributed by atoms with Crippen LogP contribution in [0, 0.1) is 0 Å². The first kappa shape index (κ1) is 52.3. The Morgan fingerprint density at radius 3 is 1.26 bits per heavy atom. The van der Waals surface area contributed by atoms with Crippen molar-refractivity contribution >= 4 is 105 Å². The van der Waals surface area contributed by atoms with Crippen molar-refractivity contribution in [3.63, 3.8) is 0 Å².